The van der Waals surface area contributed by atoms with Crippen molar-refractivity contribution in [2.24, 2.45) is 5.92 Å². The number of benzene rings is 1. The summed E-state index contributed by atoms with van der Waals surface area (Å²) in [6.45, 7) is 3.94. The quantitative estimate of drug-likeness (QED) is 0.905. The average molecular weight is 305 g/mol. The number of halogens is 2. The zero-order valence-corrected chi connectivity index (χ0v) is 11.9. The first kappa shape index (κ1) is 14.6. The first-order valence-electron chi connectivity index (χ1n) is 5.60. The second-order valence-corrected chi connectivity index (χ2v) is 5.37. The van der Waals surface area contributed by atoms with Crippen molar-refractivity contribution in [3.05, 3.63) is 34.1 Å². The van der Waals surface area contributed by atoms with Gasteiger partial charge in [0.1, 0.15) is 5.82 Å². The highest BCUT2D eigenvalue weighted by molar-refractivity contribution is 9.10. The summed E-state index contributed by atoms with van der Waals surface area (Å²) in [6.07, 6.45) is -0.718. The van der Waals surface area contributed by atoms with Gasteiger partial charge in [-0.1, -0.05) is 35.8 Å². The normalized spacial score (nSPS) is 15.0. The maximum atomic E-state index is 13.6. The van der Waals surface area contributed by atoms with Crippen LogP contribution in [0.25, 0.3) is 0 Å². The van der Waals surface area contributed by atoms with Crippen LogP contribution in [-0.2, 0) is 11.2 Å². The van der Waals surface area contributed by atoms with Gasteiger partial charge in [-0.15, -0.1) is 0 Å². The molecule has 1 N–H and O–H groups in total. The Balaban J connectivity index is 2.76. The molecule has 0 radical (unpaired) electrons. The van der Waals surface area contributed by atoms with E-state index in [4.69, 9.17) is 4.74 Å². The van der Waals surface area contributed by atoms with Crippen LogP contribution in [0.1, 0.15) is 19.4 Å². The molecule has 0 spiro atoms. The van der Waals surface area contributed by atoms with Crippen LogP contribution in [0.3, 0.4) is 0 Å². The lowest BCUT2D eigenvalue weighted by Gasteiger charge is -2.25. The maximum Gasteiger partial charge on any atom is 0.127 e. The van der Waals surface area contributed by atoms with Gasteiger partial charge in [0.2, 0.25) is 0 Å². The van der Waals surface area contributed by atoms with E-state index in [1.54, 1.807) is 19.2 Å². The molecule has 2 nitrogen and oxygen atoms in total. The lowest BCUT2D eigenvalue weighted by Crippen LogP contribution is -2.34. The van der Waals surface area contributed by atoms with Gasteiger partial charge in [0.05, 0.1) is 12.2 Å². The molecule has 0 aromatic heterocycles. The Bertz CT molecular complexity index is 368. The highest BCUT2D eigenvalue weighted by Crippen LogP contribution is 2.19. The standard InChI is InChI=1S/C13H18BrFO2/c1-8(2)13(17-3)12(16)6-9-4-5-10(14)7-11(9)15/h4-5,7-8,12-13,16H,6H2,1-3H3. The van der Waals surface area contributed by atoms with Gasteiger partial charge in [0.25, 0.3) is 0 Å². The zero-order chi connectivity index (χ0) is 13.0. The van der Waals surface area contributed by atoms with E-state index in [-0.39, 0.29) is 24.3 Å². The molecule has 0 saturated carbocycles. The Kier molecular flexibility index (Phi) is 5.56. The molecule has 0 amide bonds. The summed E-state index contributed by atoms with van der Waals surface area (Å²) >= 11 is 3.20. The molecule has 96 valence electrons. The monoisotopic (exact) mass is 304 g/mol. The molecule has 1 aromatic carbocycles. The summed E-state index contributed by atoms with van der Waals surface area (Å²) in [5, 5.41) is 10.0. The molecule has 0 heterocycles. The molecule has 2 unspecified atom stereocenters. The second-order valence-electron chi connectivity index (χ2n) is 4.45. The molecule has 0 fully saturated rings. The second kappa shape index (κ2) is 6.47. The van der Waals surface area contributed by atoms with Crippen molar-refractivity contribution >= 4 is 15.9 Å². The van der Waals surface area contributed by atoms with Crippen molar-refractivity contribution in [2.75, 3.05) is 7.11 Å². The minimum atomic E-state index is -0.698. The Morgan fingerprint density at radius 3 is 2.53 bits per heavy atom. The largest absolute Gasteiger partial charge is 0.390 e. The van der Waals surface area contributed by atoms with Crippen LogP contribution in [0.2, 0.25) is 0 Å². The predicted octanol–water partition coefficient (Wildman–Crippen LogP) is 3.16. The van der Waals surface area contributed by atoms with E-state index in [0.29, 0.717) is 10.0 Å². The van der Waals surface area contributed by atoms with Crippen LogP contribution in [0.4, 0.5) is 4.39 Å². The van der Waals surface area contributed by atoms with Gasteiger partial charge in [-0.2, -0.15) is 0 Å². The van der Waals surface area contributed by atoms with E-state index in [1.807, 2.05) is 13.8 Å². The van der Waals surface area contributed by atoms with Crippen molar-refractivity contribution in [3.63, 3.8) is 0 Å². The van der Waals surface area contributed by atoms with Crippen LogP contribution in [-0.4, -0.2) is 24.4 Å². The van der Waals surface area contributed by atoms with Crippen molar-refractivity contribution < 1.29 is 14.2 Å². The van der Waals surface area contributed by atoms with Gasteiger partial charge < -0.3 is 9.84 Å². The number of hydrogen-bond donors (Lipinski definition) is 1. The fourth-order valence-corrected chi connectivity index (χ4v) is 2.24. The lowest BCUT2D eigenvalue weighted by molar-refractivity contribution is -0.0370. The van der Waals surface area contributed by atoms with Crippen molar-refractivity contribution in [1.82, 2.24) is 0 Å². The van der Waals surface area contributed by atoms with E-state index >= 15 is 0 Å². The third-order valence-corrected chi connectivity index (χ3v) is 3.25. The number of aliphatic hydroxyl groups is 1. The van der Waals surface area contributed by atoms with E-state index in [0.717, 1.165) is 0 Å². The van der Waals surface area contributed by atoms with Crippen molar-refractivity contribution in [3.8, 4) is 0 Å². The summed E-state index contributed by atoms with van der Waals surface area (Å²) in [5.41, 5.74) is 0.503. The molecule has 0 aliphatic heterocycles. The van der Waals surface area contributed by atoms with Gasteiger partial charge >= 0.3 is 0 Å². The van der Waals surface area contributed by atoms with Crippen LogP contribution in [0, 0.1) is 11.7 Å². The zero-order valence-electron chi connectivity index (χ0n) is 10.3. The number of hydrogen-bond acceptors (Lipinski definition) is 2. The van der Waals surface area contributed by atoms with Crippen molar-refractivity contribution in [1.29, 1.82) is 0 Å². The average Bonchev–Trinajstić information content (AvgIpc) is 2.22. The molecule has 0 bridgehead atoms. The number of methoxy groups -OCH3 is 1. The minimum Gasteiger partial charge on any atom is -0.390 e. The SMILES string of the molecule is COC(C(C)C)C(O)Cc1ccc(Br)cc1F. The summed E-state index contributed by atoms with van der Waals surface area (Å²) in [7, 11) is 1.56. The third-order valence-electron chi connectivity index (χ3n) is 2.75. The highest BCUT2D eigenvalue weighted by atomic mass is 79.9. The molecule has 1 rings (SSSR count). The van der Waals surface area contributed by atoms with E-state index < -0.39 is 6.10 Å². The summed E-state index contributed by atoms with van der Waals surface area (Å²) in [6, 6.07) is 4.84. The third kappa shape index (κ3) is 4.05. The van der Waals surface area contributed by atoms with E-state index in [1.165, 1.54) is 6.07 Å². The first-order valence-corrected chi connectivity index (χ1v) is 6.39. The highest BCUT2D eigenvalue weighted by Gasteiger charge is 2.23. The topological polar surface area (TPSA) is 29.5 Å². The Morgan fingerprint density at radius 1 is 1.41 bits per heavy atom. The van der Waals surface area contributed by atoms with Gasteiger partial charge in [-0.25, -0.2) is 4.39 Å². The lowest BCUT2D eigenvalue weighted by atomic mass is 9.96. The Labute approximate surface area is 110 Å². The van der Waals surface area contributed by atoms with Gasteiger partial charge in [0.15, 0.2) is 0 Å². The fourth-order valence-electron chi connectivity index (χ4n) is 1.90. The molecule has 17 heavy (non-hydrogen) atoms. The number of ether oxygens (including phenoxy) is 1. The Morgan fingerprint density at radius 2 is 2.06 bits per heavy atom. The number of rotatable bonds is 5. The molecule has 0 aliphatic carbocycles. The minimum absolute atomic E-state index is 0.188. The van der Waals surface area contributed by atoms with E-state index in [2.05, 4.69) is 15.9 Å². The summed E-state index contributed by atoms with van der Waals surface area (Å²) in [5.74, 6) is -0.120. The molecule has 0 aliphatic rings. The van der Waals surface area contributed by atoms with Gasteiger partial charge in [-0.3, -0.25) is 0 Å². The maximum absolute atomic E-state index is 13.6. The molecule has 2 atom stereocenters. The van der Waals surface area contributed by atoms with Gasteiger partial charge in [0, 0.05) is 18.0 Å². The van der Waals surface area contributed by atoms with Crippen LogP contribution < -0.4 is 0 Å². The molecular weight excluding hydrogens is 287 g/mol. The molecular formula is C13H18BrFO2. The molecule has 0 saturated heterocycles. The molecule has 1 aromatic rings. The smallest absolute Gasteiger partial charge is 0.127 e. The first-order chi connectivity index (χ1) is 7.95. The Hall–Kier alpha value is -0.450. The fraction of sp³-hybridized carbons (Fsp3) is 0.538. The van der Waals surface area contributed by atoms with Gasteiger partial charge in [-0.05, 0) is 23.6 Å². The van der Waals surface area contributed by atoms with Crippen molar-refractivity contribution in [2.45, 2.75) is 32.5 Å². The van der Waals surface area contributed by atoms with Crippen LogP contribution in [0.5, 0.6) is 0 Å². The van der Waals surface area contributed by atoms with Crippen LogP contribution in [0.15, 0.2) is 22.7 Å². The van der Waals surface area contributed by atoms with Crippen LogP contribution >= 0.6 is 15.9 Å². The predicted molar refractivity (Wildman–Crippen MR) is 69.4 cm³/mol. The summed E-state index contributed by atoms with van der Waals surface area (Å²) < 4.78 is 19.5. The molecule has 4 heteroatoms. The van der Waals surface area contributed by atoms with E-state index in [9.17, 15) is 9.50 Å². The summed E-state index contributed by atoms with van der Waals surface area (Å²) in [4.78, 5) is 0. The number of aliphatic hydroxyl groups excluding tert-OH is 1.